The molecule has 0 fully saturated rings. The largest absolute Gasteiger partial charge is 0.484 e. The minimum Gasteiger partial charge on any atom is -0.484 e. The molecule has 0 saturated heterocycles. The van der Waals surface area contributed by atoms with E-state index in [1.54, 1.807) is 29.2 Å². The Kier molecular flexibility index (Phi) is 7.00. The zero-order chi connectivity index (χ0) is 20.5. The number of amides is 2. The molecule has 0 saturated carbocycles. The SMILES string of the molecule is NC(=O)c1ccc(OCC(=O)N(CCc2ccccc2)Cc2ccccc2)cc1. The van der Waals surface area contributed by atoms with E-state index in [0.717, 1.165) is 12.0 Å². The third-order valence-electron chi connectivity index (χ3n) is 4.58. The highest BCUT2D eigenvalue weighted by Crippen LogP contribution is 2.13. The van der Waals surface area contributed by atoms with Crippen LogP contribution in [0.1, 0.15) is 21.5 Å². The lowest BCUT2D eigenvalue weighted by Crippen LogP contribution is -2.36. The van der Waals surface area contributed by atoms with E-state index in [4.69, 9.17) is 10.5 Å². The summed E-state index contributed by atoms with van der Waals surface area (Å²) in [5.41, 5.74) is 7.89. The molecule has 0 heterocycles. The lowest BCUT2D eigenvalue weighted by molar-refractivity contribution is -0.134. The average molecular weight is 388 g/mol. The summed E-state index contributed by atoms with van der Waals surface area (Å²) in [6, 6.07) is 26.4. The lowest BCUT2D eigenvalue weighted by Gasteiger charge is -2.23. The van der Waals surface area contributed by atoms with Gasteiger partial charge in [0.2, 0.25) is 5.91 Å². The number of carbonyl (C=O) groups is 2. The first kappa shape index (κ1) is 20.1. The first-order valence-corrected chi connectivity index (χ1v) is 9.50. The minimum absolute atomic E-state index is 0.0719. The van der Waals surface area contributed by atoms with Gasteiger partial charge >= 0.3 is 0 Å². The lowest BCUT2D eigenvalue weighted by atomic mass is 10.1. The summed E-state index contributed by atoms with van der Waals surface area (Å²) in [5.74, 6) is -0.0718. The first-order chi connectivity index (χ1) is 14.1. The van der Waals surface area contributed by atoms with Gasteiger partial charge in [-0.15, -0.1) is 0 Å². The number of ether oxygens (including phenoxy) is 1. The van der Waals surface area contributed by atoms with E-state index in [0.29, 0.717) is 24.4 Å². The molecule has 0 atom stereocenters. The van der Waals surface area contributed by atoms with Crippen LogP contribution in [0.4, 0.5) is 0 Å². The molecule has 0 aliphatic carbocycles. The van der Waals surface area contributed by atoms with Gasteiger partial charge in [-0.05, 0) is 41.8 Å². The summed E-state index contributed by atoms with van der Waals surface area (Å²) in [6.45, 7) is 1.05. The monoisotopic (exact) mass is 388 g/mol. The van der Waals surface area contributed by atoms with E-state index in [1.165, 1.54) is 5.56 Å². The van der Waals surface area contributed by atoms with Crippen LogP contribution in [0.3, 0.4) is 0 Å². The molecular formula is C24H24N2O3. The van der Waals surface area contributed by atoms with Gasteiger partial charge in [0.1, 0.15) is 5.75 Å². The highest BCUT2D eigenvalue weighted by Gasteiger charge is 2.15. The molecule has 5 heteroatoms. The third-order valence-corrected chi connectivity index (χ3v) is 4.58. The molecule has 0 bridgehead atoms. The van der Waals surface area contributed by atoms with Crippen molar-refractivity contribution in [2.75, 3.05) is 13.2 Å². The molecule has 3 aromatic rings. The Balaban J connectivity index is 1.63. The molecule has 0 unspecified atom stereocenters. The molecule has 0 aromatic heterocycles. The van der Waals surface area contributed by atoms with E-state index in [1.807, 2.05) is 48.5 Å². The molecular weight excluding hydrogens is 364 g/mol. The van der Waals surface area contributed by atoms with Crippen LogP contribution in [0.25, 0.3) is 0 Å². The molecule has 0 radical (unpaired) electrons. The van der Waals surface area contributed by atoms with Crippen molar-refractivity contribution in [1.29, 1.82) is 0 Å². The number of carbonyl (C=O) groups excluding carboxylic acids is 2. The molecule has 148 valence electrons. The van der Waals surface area contributed by atoms with E-state index in [9.17, 15) is 9.59 Å². The summed E-state index contributed by atoms with van der Waals surface area (Å²) in [5, 5.41) is 0. The van der Waals surface area contributed by atoms with Crippen molar-refractivity contribution in [3.63, 3.8) is 0 Å². The number of nitrogens with zero attached hydrogens (tertiary/aromatic N) is 1. The maximum absolute atomic E-state index is 12.8. The van der Waals surface area contributed by atoms with Crippen LogP contribution >= 0.6 is 0 Å². The Hall–Kier alpha value is -3.60. The van der Waals surface area contributed by atoms with Gasteiger partial charge in [0.05, 0.1) is 0 Å². The fourth-order valence-corrected chi connectivity index (χ4v) is 2.96. The summed E-state index contributed by atoms with van der Waals surface area (Å²) >= 11 is 0. The molecule has 3 aromatic carbocycles. The Labute approximate surface area is 170 Å². The average Bonchev–Trinajstić information content (AvgIpc) is 2.76. The fraction of sp³-hybridized carbons (Fsp3) is 0.167. The molecule has 0 aliphatic rings. The van der Waals surface area contributed by atoms with Crippen molar-refractivity contribution in [3.05, 3.63) is 102 Å². The Morgan fingerprint density at radius 3 is 1.97 bits per heavy atom. The van der Waals surface area contributed by atoms with Crippen molar-refractivity contribution in [2.45, 2.75) is 13.0 Å². The summed E-state index contributed by atoms with van der Waals surface area (Å²) < 4.78 is 5.63. The predicted molar refractivity (Wildman–Crippen MR) is 112 cm³/mol. The second kappa shape index (κ2) is 10.1. The number of hydrogen-bond donors (Lipinski definition) is 1. The van der Waals surface area contributed by atoms with Crippen molar-refractivity contribution in [1.82, 2.24) is 4.90 Å². The van der Waals surface area contributed by atoms with Gasteiger partial charge in [-0.3, -0.25) is 9.59 Å². The second-order valence-corrected chi connectivity index (χ2v) is 6.71. The van der Waals surface area contributed by atoms with E-state index in [-0.39, 0.29) is 12.5 Å². The van der Waals surface area contributed by atoms with Gasteiger partial charge in [0.15, 0.2) is 6.61 Å². The second-order valence-electron chi connectivity index (χ2n) is 6.71. The van der Waals surface area contributed by atoms with Gasteiger partial charge in [0.25, 0.3) is 5.91 Å². The van der Waals surface area contributed by atoms with Crippen molar-refractivity contribution in [2.24, 2.45) is 5.73 Å². The highest BCUT2D eigenvalue weighted by molar-refractivity contribution is 5.92. The molecule has 29 heavy (non-hydrogen) atoms. The van der Waals surface area contributed by atoms with Gasteiger partial charge in [-0.25, -0.2) is 0 Å². The summed E-state index contributed by atoms with van der Waals surface area (Å²) in [7, 11) is 0. The van der Waals surface area contributed by atoms with Crippen LogP contribution in [0, 0.1) is 0 Å². The number of nitrogens with two attached hydrogens (primary N) is 1. The van der Waals surface area contributed by atoms with Gasteiger partial charge in [0, 0.05) is 18.7 Å². The molecule has 2 amide bonds. The van der Waals surface area contributed by atoms with E-state index in [2.05, 4.69) is 12.1 Å². The summed E-state index contributed by atoms with van der Waals surface area (Å²) in [6.07, 6.45) is 0.771. The normalized spacial score (nSPS) is 10.3. The maximum atomic E-state index is 12.8. The number of hydrogen-bond acceptors (Lipinski definition) is 3. The number of rotatable bonds is 9. The van der Waals surface area contributed by atoms with Crippen molar-refractivity contribution < 1.29 is 14.3 Å². The topological polar surface area (TPSA) is 72.6 Å². The van der Waals surface area contributed by atoms with Gasteiger partial charge in [-0.1, -0.05) is 60.7 Å². The van der Waals surface area contributed by atoms with Gasteiger partial charge in [-0.2, -0.15) is 0 Å². The highest BCUT2D eigenvalue weighted by atomic mass is 16.5. The van der Waals surface area contributed by atoms with Crippen LogP contribution in [-0.2, 0) is 17.8 Å². The Bertz CT molecular complexity index is 925. The number of primary amides is 1. The molecule has 5 nitrogen and oxygen atoms in total. The van der Waals surface area contributed by atoms with Crippen molar-refractivity contribution >= 4 is 11.8 Å². The van der Waals surface area contributed by atoms with E-state index < -0.39 is 5.91 Å². The van der Waals surface area contributed by atoms with Crippen LogP contribution in [0.15, 0.2) is 84.9 Å². The quantitative estimate of drug-likeness (QED) is 0.610. The van der Waals surface area contributed by atoms with Crippen LogP contribution in [-0.4, -0.2) is 29.9 Å². The predicted octanol–water partition coefficient (Wildman–Crippen LogP) is 3.44. The first-order valence-electron chi connectivity index (χ1n) is 9.50. The Morgan fingerprint density at radius 1 is 0.793 bits per heavy atom. The molecule has 0 spiro atoms. The third kappa shape index (κ3) is 6.21. The van der Waals surface area contributed by atoms with Crippen molar-refractivity contribution in [3.8, 4) is 5.75 Å². The molecule has 2 N–H and O–H groups in total. The van der Waals surface area contributed by atoms with Crippen LogP contribution in [0.2, 0.25) is 0 Å². The zero-order valence-electron chi connectivity index (χ0n) is 16.2. The van der Waals surface area contributed by atoms with Crippen LogP contribution in [0.5, 0.6) is 5.75 Å². The minimum atomic E-state index is -0.498. The molecule has 0 aliphatic heterocycles. The smallest absolute Gasteiger partial charge is 0.260 e. The number of benzene rings is 3. The molecule has 3 rings (SSSR count). The standard InChI is InChI=1S/C24H24N2O3/c25-24(28)21-11-13-22(14-12-21)29-18-23(27)26(17-20-9-5-2-6-10-20)16-15-19-7-3-1-4-8-19/h1-14H,15-18H2,(H2,25,28). The Morgan fingerprint density at radius 2 is 1.38 bits per heavy atom. The maximum Gasteiger partial charge on any atom is 0.260 e. The van der Waals surface area contributed by atoms with Gasteiger partial charge < -0.3 is 15.4 Å². The zero-order valence-corrected chi connectivity index (χ0v) is 16.2. The summed E-state index contributed by atoms with van der Waals surface area (Å²) in [4.78, 5) is 25.8. The fourth-order valence-electron chi connectivity index (χ4n) is 2.96. The van der Waals surface area contributed by atoms with E-state index >= 15 is 0 Å². The van der Waals surface area contributed by atoms with Crippen LogP contribution < -0.4 is 10.5 Å².